The highest BCUT2D eigenvalue weighted by Crippen LogP contribution is 2.28. The van der Waals surface area contributed by atoms with Gasteiger partial charge in [-0.25, -0.2) is 5.43 Å². The van der Waals surface area contributed by atoms with Crippen LogP contribution in [0.2, 0.25) is 0 Å². The Bertz CT molecular complexity index is 257. The number of hydrazine groups is 1. The Morgan fingerprint density at radius 1 is 1.12 bits per heavy atom. The van der Waals surface area contributed by atoms with Gasteiger partial charge in [-0.05, 0) is 51.7 Å². The van der Waals surface area contributed by atoms with Gasteiger partial charge in [0.25, 0.3) is 0 Å². The van der Waals surface area contributed by atoms with Crippen molar-refractivity contribution in [1.29, 1.82) is 0 Å². The molecule has 92 valence electrons. The quantitative estimate of drug-likeness (QED) is 0.690. The Morgan fingerprint density at radius 3 is 2.19 bits per heavy atom. The second kappa shape index (κ2) is 4.88. The molecule has 2 N–H and O–H groups in total. The summed E-state index contributed by atoms with van der Waals surface area (Å²) in [6.07, 6.45) is 9.10. The summed E-state index contributed by atoms with van der Waals surface area (Å²) in [5.41, 5.74) is 3.66. The number of hydrogen-bond acceptors (Lipinski definition) is 2. The zero-order chi connectivity index (χ0) is 11.6. The lowest BCUT2D eigenvalue weighted by Crippen LogP contribution is -2.52. The summed E-state index contributed by atoms with van der Waals surface area (Å²) in [4.78, 5) is 0. The first-order chi connectivity index (χ1) is 7.63. The van der Waals surface area contributed by atoms with Crippen LogP contribution in [-0.2, 0) is 0 Å². The summed E-state index contributed by atoms with van der Waals surface area (Å²) in [7, 11) is 0. The maximum absolute atomic E-state index is 5.40. The summed E-state index contributed by atoms with van der Waals surface area (Å²) in [6.45, 7) is 4.34. The fourth-order valence-electron chi connectivity index (χ4n) is 2.68. The predicted octanol–water partition coefficient (Wildman–Crippen LogP) is 2.53. The number of nitrogens with zero attached hydrogens (tertiary/aromatic N) is 1. The van der Waals surface area contributed by atoms with Gasteiger partial charge in [-0.15, -0.1) is 0 Å². The molecule has 16 heavy (non-hydrogen) atoms. The maximum Gasteiger partial charge on any atom is 0.185 e. The predicted molar refractivity (Wildman–Crippen MR) is 70.9 cm³/mol. The molecule has 1 saturated heterocycles. The molecule has 2 aliphatic rings. The molecular weight excluding hydrogens is 218 g/mol. The molecule has 1 heterocycles. The third-order valence-corrected chi connectivity index (χ3v) is 3.92. The lowest BCUT2D eigenvalue weighted by atomic mass is 9.92. The first kappa shape index (κ1) is 12.1. The maximum atomic E-state index is 5.40. The minimum absolute atomic E-state index is 0.0573. The second-order valence-electron chi connectivity index (χ2n) is 5.36. The summed E-state index contributed by atoms with van der Waals surface area (Å²) in [6, 6.07) is 0.421. The Labute approximate surface area is 104 Å². The van der Waals surface area contributed by atoms with Gasteiger partial charge in [-0.1, -0.05) is 19.3 Å². The van der Waals surface area contributed by atoms with Gasteiger partial charge in [0.1, 0.15) is 5.66 Å². The molecule has 2 fully saturated rings. The van der Waals surface area contributed by atoms with Crippen LogP contribution in [0.1, 0.15) is 58.8 Å². The van der Waals surface area contributed by atoms with Crippen LogP contribution in [0.4, 0.5) is 0 Å². The number of thiocarbonyl (C=S) groups is 1. The monoisotopic (exact) mass is 241 g/mol. The first-order valence-electron chi connectivity index (χ1n) is 6.52. The highest BCUT2D eigenvalue weighted by molar-refractivity contribution is 7.80. The van der Waals surface area contributed by atoms with Crippen LogP contribution < -0.4 is 10.7 Å². The summed E-state index contributed by atoms with van der Waals surface area (Å²) in [5, 5.41) is 6.49. The molecule has 4 heteroatoms. The molecule has 0 atom stereocenters. The molecule has 0 bridgehead atoms. The van der Waals surface area contributed by atoms with Crippen molar-refractivity contribution in [2.75, 3.05) is 0 Å². The number of hydrogen-bond donors (Lipinski definition) is 2. The summed E-state index contributed by atoms with van der Waals surface area (Å²) in [5.74, 6) is 0. The van der Waals surface area contributed by atoms with Crippen molar-refractivity contribution >= 4 is 17.3 Å². The smallest absolute Gasteiger partial charge is 0.185 e. The van der Waals surface area contributed by atoms with Crippen LogP contribution >= 0.6 is 12.2 Å². The van der Waals surface area contributed by atoms with Crippen molar-refractivity contribution in [3.63, 3.8) is 0 Å². The minimum atomic E-state index is 0.0573. The third kappa shape index (κ3) is 2.48. The molecule has 1 spiro atoms. The van der Waals surface area contributed by atoms with Gasteiger partial charge in [-0.3, -0.25) is 5.01 Å². The molecule has 1 aliphatic heterocycles. The van der Waals surface area contributed by atoms with E-state index in [0.29, 0.717) is 6.04 Å². The largest absolute Gasteiger partial charge is 0.342 e. The van der Waals surface area contributed by atoms with Gasteiger partial charge in [0.2, 0.25) is 0 Å². The zero-order valence-corrected chi connectivity index (χ0v) is 11.2. The van der Waals surface area contributed by atoms with E-state index in [9.17, 15) is 0 Å². The molecule has 0 aromatic carbocycles. The van der Waals surface area contributed by atoms with Crippen LogP contribution in [0.25, 0.3) is 0 Å². The van der Waals surface area contributed by atoms with Gasteiger partial charge in [0.05, 0.1) is 0 Å². The molecule has 0 unspecified atom stereocenters. The SMILES string of the molecule is CC(C)N1NC2(CCCCCCC2)NC1=S. The standard InChI is InChI=1S/C12H23N3S/c1-10(2)15-11(16)13-12(14-15)8-6-4-3-5-7-9-12/h10,14H,3-9H2,1-2H3,(H,13,16). The van der Waals surface area contributed by atoms with Crippen molar-refractivity contribution in [1.82, 2.24) is 15.8 Å². The number of rotatable bonds is 1. The van der Waals surface area contributed by atoms with Gasteiger partial charge >= 0.3 is 0 Å². The van der Waals surface area contributed by atoms with Gasteiger partial charge in [0, 0.05) is 6.04 Å². The molecule has 0 radical (unpaired) electrons. The van der Waals surface area contributed by atoms with Crippen LogP contribution in [0.15, 0.2) is 0 Å². The average Bonchev–Trinajstić information content (AvgIpc) is 2.51. The van der Waals surface area contributed by atoms with Gasteiger partial charge in [-0.2, -0.15) is 0 Å². The normalized spacial score (nSPS) is 25.7. The van der Waals surface area contributed by atoms with E-state index in [1.54, 1.807) is 0 Å². The van der Waals surface area contributed by atoms with Crippen LogP contribution in [0.3, 0.4) is 0 Å². The summed E-state index contributed by atoms with van der Waals surface area (Å²) < 4.78 is 0. The molecule has 1 saturated carbocycles. The molecule has 3 nitrogen and oxygen atoms in total. The van der Waals surface area contributed by atoms with E-state index in [0.717, 1.165) is 5.11 Å². The highest BCUT2D eigenvalue weighted by Gasteiger charge is 2.40. The fraction of sp³-hybridized carbons (Fsp3) is 0.917. The first-order valence-corrected chi connectivity index (χ1v) is 6.93. The van der Waals surface area contributed by atoms with Crippen molar-refractivity contribution in [3.05, 3.63) is 0 Å². The topological polar surface area (TPSA) is 27.3 Å². The Hall–Kier alpha value is -0.350. The van der Waals surface area contributed by atoms with Crippen molar-refractivity contribution in [2.45, 2.75) is 70.5 Å². The average molecular weight is 241 g/mol. The van der Waals surface area contributed by atoms with Crippen molar-refractivity contribution in [2.24, 2.45) is 0 Å². The van der Waals surface area contributed by atoms with Crippen LogP contribution in [0, 0.1) is 0 Å². The van der Waals surface area contributed by atoms with Crippen LogP contribution in [0.5, 0.6) is 0 Å². The summed E-state index contributed by atoms with van der Waals surface area (Å²) >= 11 is 5.40. The lowest BCUT2D eigenvalue weighted by Gasteiger charge is -2.32. The molecule has 0 aromatic rings. The van der Waals surface area contributed by atoms with Crippen LogP contribution in [-0.4, -0.2) is 21.8 Å². The second-order valence-corrected chi connectivity index (χ2v) is 5.74. The van der Waals surface area contributed by atoms with E-state index in [-0.39, 0.29) is 5.66 Å². The fourth-order valence-corrected chi connectivity index (χ4v) is 3.14. The lowest BCUT2D eigenvalue weighted by molar-refractivity contribution is 0.157. The molecule has 0 amide bonds. The number of nitrogens with one attached hydrogen (secondary N) is 2. The molecule has 2 rings (SSSR count). The van der Waals surface area contributed by atoms with E-state index >= 15 is 0 Å². The molecular formula is C12H23N3S. The van der Waals surface area contributed by atoms with Gasteiger partial charge < -0.3 is 5.32 Å². The van der Waals surface area contributed by atoms with E-state index in [1.165, 1.54) is 44.9 Å². The van der Waals surface area contributed by atoms with E-state index in [1.807, 2.05) is 0 Å². The third-order valence-electron chi connectivity index (χ3n) is 3.62. The zero-order valence-electron chi connectivity index (χ0n) is 10.4. The van der Waals surface area contributed by atoms with E-state index < -0.39 is 0 Å². The van der Waals surface area contributed by atoms with Crippen molar-refractivity contribution in [3.8, 4) is 0 Å². The Kier molecular flexibility index (Phi) is 3.70. The molecule has 0 aromatic heterocycles. The van der Waals surface area contributed by atoms with Gasteiger partial charge in [0.15, 0.2) is 5.11 Å². The minimum Gasteiger partial charge on any atom is -0.342 e. The van der Waals surface area contributed by atoms with E-state index in [4.69, 9.17) is 12.2 Å². The Morgan fingerprint density at radius 2 is 1.69 bits per heavy atom. The van der Waals surface area contributed by atoms with E-state index in [2.05, 4.69) is 29.6 Å². The van der Waals surface area contributed by atoms with Crippen molar-refractivity contribution < 1.29 is 0 Å². The molecule has 1 aliphatic carbocycles. The Balaban J connectivity index is 2.04. The highest BCUT2D eigenvalue weighted by atomic mass is 32.1.